The average Bonchev–Trinajstić information content (AvgIpc) is 2.93. The standard InChI is InChI=1S/C14H14N2O6S/c1-22-5-4-10(14(18)19)15-13(17)12-7-8-6-9(16(20)21)2-3-11(8)23-12/h2-3,6-7,10H,4-5H2,1H3,(H,15,17)(H,18,19). The fourth-order valence-corrected chi connectivity index (χ4v) is 2.92. The van der Waals surface area contributed by atoms with E-state index in [0.717, 1.165) is 11.3 Å². The molecule has 0 radical (unpaired) electrons. The number of carbonyl (C=O) groups is 2. The summed E-state index contributed by atoms with van der Waals surface area (Å²) < 4.78 is 5.53. The summed E-state index contributed by atoms with van der Waals surface area (Å²) in [6, 6.07) is 4.76. The van der Waals surface area contributed by atoms with Gasteiger partial charge in [0.2, 0.25) is 0 Å². The summed E-state index contributed by atoms with van der Waals surface area (Å²) in [4.78, 5) is 33.8. The maximum absolute atomic E-state index is 12.2. The second kappa shape index (κ2) is 7.16. The minimum absolute atomic E-state index is 0.0641. The number of benzene rings is 1. The van der Waals surface area contributed by atoms with E-state index in [0.29, 0.717) is 15.0 Å². The maximum Gasteiger partial charge on any atom is 0.326 e. The predicted octanol–water partition coefficient (Wildman–Crippen LogP) is 2.03. The van der Waals surface area contributed by atoms with Crippen LogP contribution < -0.4 is 5.32 Å². The minimum Gasteiger partial charge on any atom is -0.480 e. The largest absolute Gasteiger partial charge is 0.480 e. The van der Waals surface area contributed by atoms with Gasteiger partial charge in [0.25, 0.3) is 11.6 Å². The Balaban J connectivity index is 2.20. The Morgan fingerprint density at radius 3 is 2.78 bits per heavy atom. The van der Waals surface area contributed by atoms with Crippen molar-refractivity contribution in [3.8, 4) is 0 Å². The van der Waals surface area contributed by atoms with Crippen LogP contribution in [0.1, 0.15) is 16.1 Å². The first kappa shape index (κ1) is 16.8. The number of nitro groups is 1. The summed E-state index contributed by atoms with van der Waals surface area (Å²) >= 11 is 1.14. The Hall–Kier alpha value is -2.52. The fraction of sp³-hybridized carbons (Fsp3) is 0.286. The number of nitrogens with one attached hydrogen (secondary N) is 1. The number of ether oxygens (including phenoxy) is 1. The van der Waals surface area contributed by atoms with Crippen LogP contribution in [0.5, 0.6) is 0 Å². The van der Waals surface area contributed by atoms with Crippen LogP contribution in [0, 0.1) is 10.1 Å². The van der Waals surface area contributed by atoms with Crippen molar-refractivity contribution < 1.29 is 24.4 Å². The van der Waals surface area contributed by atoms with Gasteiger partial charge in [0.1, 0.15) is 6.04 Å². The molecule has 1 heterocycles. The zero-order valence-electron chi connectivity index (χ0n) is 12.1. The highest BCUT2D eigenvalue weighted by atomic mass is 32.1. The summed E-state index contributed by atoms with van der Waals surface area (Å²) in [7, 11) is 1.44. The summed E-state index contributed by atoms with van der Waals surface area (Å²) in [5, 5.41) is 22.8. The molecule has 0 saturated heterocycles. The Bertz CT molecular complexity index is 757. The molecule has 122 valence electrons. The maximum atomic E-state index is 12.2. The number of carbonyl (C=O) groups excluding carboxylic acids is 1. The Kier molecular flexibility index (Phi) is 5.24. The normalized spacial score (nSPS) is 12.0. The average molecular weight is 338 g/mol. The Morgan fingerprint density at radius 2 is 2.17 bits per heavy atom. The van der Waals surface area contributed by atoms with Crippen molar-refractivity contribution in [1.29, 1.82) is 0 Å². The van der Waals surface area contributed by atoms with Gasteiger partial charge in [0, 0.05) is 42.4 Å². The number of non-ortho nitro benzene ring substituents is 1. The van der Waals surface area contributed by atoms with Gasteiger partial charge in [-0.1, -0.05) is 0 Å². The van der Waals surface area contributed by atoms with Crippen LogP contribution in [0.4, 0.5) is 5.69 Å². The molecule has 0 aliphatic rings. The summed E-state index contributed by atoms with van der Waals surface area (Å²) in [5.74, 6) is -1.68. The van der Waals surface area contributed by atoms with E-state index in [9.17, 15) is 19.7 Å². The molecule has 0 aliphatic heterocycles. The zero-order valence-corrected chi connectivity index (χ0v) is 13.0. The van der Waals surface area contributed by atoms with Gasteiger partial charge in [-0.2, -0.15) is 0 Å². The highest BCUT2D eigenvalue weighted by Crippen LogP contribution is 2.28. The second-order valence-electron chi connectivity index (χ2n) is 4.74. The molecule has 2 N–H and O–H groups in total. The monoisotopic (exact) mass is 338 g/mol. The predicted molar refractivity (Wildman–Crippen MR) is 83.9 cm³/mol. The van der Waals surface area contributed by atoms with E-state index in [2.05, 4.69) is 5.32 Å². The lowest BCUT2D eigenvalue weighted by Crippen LogP contribution is -2.41. The van der Waals surface area contributed by atoms with Crippen molar-refractivity contribution in [1.82, 2.24) is 5.32 Å². The van der Waals surface area contributed by atoms with E-state index < -0.39 is 22.8 Å². The van der Waals surface area contributed by atoms with Crippen molar-refractivity contribution in [2.24, 2.45) is 0 Å². The summed E-state index contributed by atoms with van der Waals surface area (Å²) in [5.41, 5.74) is -0.0641. The lowest BCUT2D eigenvalue weighted by atomic mass is 10.2. The van der Waals surface area contributed by atoms with Crippen LogP contribution in [-0.4, -0.2) is 41.7 Å². The van der Waals surface area contributed by atoms with Crippen LogP contribution in [0.3, 0.4) is 0 Å². The first-order valence-electron chi connectivity index (χ1n) is 6.63. The number of hydrogen-bond acceptors (Lipinski definition) is 6. The van der Waals surface area contributed by atoms with Crippen molar-refractivity contribution >= 4 is 39.0 Å². The molecule has 9 heteroatoms. The molecular weight excluding hydrogens is 324 g/mol. The third-order valence-electron chi connectivity index (χ3n) is 3.15. The van der Waals surface area contributed by atoms with Crippen LogP contribution >= 0.6 is 11.3 Å². The molecule has 0 fully saturated rings. The molecule has 0 aliphatic carbocycles. The van der Waals surface area contributed by atoms with E-state index in [1.165, 1.54) is 25.3 Å². The molecule has 0 saturated carbocycles. The smallest absolute Gasteiger partial charge is 0.326 e. The topological polar surface area (TPSA) is 119 Å². The lowest BCUT2D eigenvalue weighted by molar-refractivity contribution is -0.384. The second-order valence-corrected chi connectivity index (χ2v) is 5.82. The third kappa shape index (κ3) is 4.02. The molecule has 1 atom stereocenters. The molecule has 0 spiro atoms. The van der Waals surface area contributed by atoms with Gasteiger partial charge < -0.3 is 15.2 Å². The van der Waals surface area contributed by atoms with E-state index in [4.69, 9.17) is 9.84 Å². The number of methoxy groups -OCH3 is 1. The van der Waals surface area contributed by atoms with Crippen molar-refractivity contribution in [2.75, 3.05) is 13.7 Å². The quantitative estimate of drug-likeness (QED) is 0.589. The number of nitro benzene ring substituents is 1. The highest BCUT2D eigenvalue weighted by molar-refractivity contribution is 7.20. The SMILES string of the molecule is COCCC(NC(=O)c1cc2cc([N+](=O)[O-])ccc2s1)C(=O)O. The summed E-state index contributed by atoms with van der Waals surface area (Å²) in [6.45, 7) is 0.204. The van der Waals surface area contributed by atoms with Crippen molar-refractivity contribution in [3.63, 3.8) is 0 Å². The number of thiophene rings is 1. The molecule has 1 aromatic carbocycles. The molecule has 8 nitrogen and oxygen atoms in total. The third-order valence-corrected chi connectivity index (χ3v) is 4.26. The van der Waals surface area contributed by atoms with Gasteiger partial charge in [-0.05, 0) is 12.1 Å². The summed E-state index contributed by atoms with van der Waals surface area (Å²) in [6.07, 6.45) is 0.147. The zero-order chi connectivity index (χ0) is 17.0. The molecule has 2 rings (SSSR count). The Morgan fingerprint density at radius 1 is 1.43 bits per heavy atom. The molecule has 1 aromatic heterocycles. The number of aliphatic carboxylic acids is 1. The number of hydrogen-bond donors (Lipinski definition) is 2. The van der Waals surface area contributed by atoms with Gasteiger partial charge in [0.15, 0.2) is 0 Å². The van der Waals surface area contributed by atoms with Gasteiger partial charge >= 0.3 is 5.97 Å². The number of carboxylic acid groups (broad SMARTS) is 1. The van der Waals surface area contributed by atoms with Gasteiger partial charge in [-0.15, -0.1) is 11.3 Å². The van der Waals surface area contributed by atoms with E-state index >= 15 is 0 Å². The van der Waals surface area contributed by atoms with E-state index in [1.54, 1.807) is 6.07 Å². The molecular formula is C14H14N2O6S. The molecule has 23 heavy (non-hydrogen) atoms. The Labute approximate surface area is 134 Å². The first-order valence-corrected chi connectivity index (χ1v) is 7.44. The van der Waals surface area contributed by atoms with Gasteiger partial charge in [0.05, 0.1) is 9.80 Å². The van der Waals surface area contributed by atoms with Crippen LogP contribution in [0.2, 0.25) is 0 Å². The van der Waals surface area contributed by atoms with E-state index in [1.807, 2.05) is 0 Å². The number of fused-ring (bicyclic) bond motifs is 1. The van der Waals surface area contributed by atoms with Gasteiger partial charge in [-0.25, -0.2) is 4.79 Å². The van der Waals surface area contributed by atoms with E-state index in [-0.39, 0.29) is 18.7 Å². The van der Waals surface area contributed by atoms with Crippen LogP contribution in [0.15, 0.2) is 24.3 Å². The number of nitrogens with zero attached hydrogens (tertiary/aromatic N) is 1. The number of carboxylic acids is 1. The van der Waals surface area contributed by atoms with Gasteiger partial charge in [-0.3, -0.25) is 14.9 Å². The first-order chi connectivity index (χ1) is 10.9. The van der Waals surface area contributed by atoms with Crippen LogP contribution in [0.25, 0.3) is 10.1 Å². The molecule has 2 aromatic rings. The number of rotatable bonds is 7. The number of amides is 1. The minimum atomic E-state index is -1.15. The lowest BCUT2D eigenvalue weighted by Gasteiger charge is -2.13. The fourth-order valence-electron chi connectivity index (χ4n) is 1.98. The molecule has 1 unspecified atom stereocenters. The van der Waals surface area contributed by atoms with Crippen LogP contribution in [-0.2, 0) is 9.53 Å². The molecule has 0 bridgehead atoms. The molecule has 1 amide bonds. The van der Waals surface area contributed by atoms with Crippen molar-refractivity contribution in [2.45, 2.75) is 12.5 Å². The van der Waals surface area contributed by atoms with Crippen molar-refractivity contribution in [3.05, 3.63) is 39.3 Å². The highest BCUT2D eigenvalue weighted by Gasteiger charge is 2.21.